The van der Waals surface area contributed by atoms with Gasteiger partial charge in [-0.05, 0) is 31.2 Å². The molecule has 0 bridgehead atoms. The van der Waals surface area contributed by atoms with Crippen molar-refractivity contribution in [3.8, 4) is 0 Å². The van der Waals surface area contributed by atoms with Gasteiger partial charge in [-0.1, -0.05) is 6.07 Å². The average molecular weight is 292 g/mol. The number of amides is 1. The number of aromatic nitrogens is 1. The number of thiazole rings is 1. The molecule has 0 aliphatic carbocycles. The van der Waals surface area contributed by atoms with E-state index in [1.807, 2.05) is 28.6 Å². The molecule has 3 heterocycles. The molecule has 1 fully saturated rings. The number of thiophene rings is 1. The van der Waals surface area contributed by atoms with Crippen LogP contribution in [0.5, 0.6) is 0 Å². The van der Waals surface area contributed by atoms with Crippen LogP contribution in [0, 0.1) is 6.92 Å². The van der Waals surface area contributed by atoms with Crippen LogP contribution in [0.2, 0.25) is 0 Å². The summed E-state index contributed by atoms with van der Waals surface area (Å²) in [6.45, 7) is 3.76. The predicted octanol–water partition coefficient (Wildman–Crippen LogP) is 3.53. The predicted molar refractivity (Wildman–Crippen MR) is 79.0 cm³/mol. The number of aryl methyl sites for hydroxylation is 1. The standard InChI is InChI=1S/C14H16N2OS2/c1-10-8-15-13(19-10)11-4-2-6-16(9-11)14(17)12-5-3-7-18-12/h3,5,7-8,11H,2,4,6,9H2,1H3. The summed E-state index contributed by atoms with van der Waals surface area (Å²) in [7, 11) is 0. The highest BCUT2D eigenvalue weighted by molar-refractivity contribution is 7.12. The summed E-state index contributed by atoms with van der Waals surface area (Å²) in [5.74, 6) is 0.587. The fourth-order valence-corrected chi connectivity index (χ4v) is 4.07. The summed E-state index contributed by atoms with van der Waals surface area (Å²) in [6.07, 6.45) is 4.14. The first-order valence-corrected chi connectivity index (χ1v) is 8.19. The molecule has 3 nitrogen and oxygen atoms in total. The molecular formula is C14H16N2OS2. The van der Waals surface area contributed by atoms with Crippen molar-refractivity contribution >= 4 is 28.6 Å². The molecule has 3 rings (SSSR count). The van der Waals surface area contributed by atoms with E-state index in [-0.39, 0.29) is 5.91 Å². The zero-order chi connectivity index (χ0) is 13.2. The van der Waals surface area contributed by atoms with E-state index in [9.17, 15) is 4.79 Å². The van der Waals surface area contributed by atoms with Gasteiger partial charge in [0.25, 0.3) is 5.91 Å². The molecule has 100 valence electrons. The third-order valence-electron chi connectivity index (χ3n) is 3.43. The van der Waals surface area contributed by atoms with E-state index in [0.29, 0.717) is 5.92 Å². The Morgan fingerprint density at radius 2 is 2.42 bits per heavy atom. The summed E-state index contributed by atoms with van der Waals surface area (Å²) in [6, 6.07) is 3.84. The van der Waals surface area contributed by atoms with E-state index in [0.717, 1.165) is 30.8 Å². The molecule has 2 aromatic heterocycles. The van der Waals surface area contributed by atoms with Crippen molar-refractivity contribution in [2.75, 3.05) is 13.1 Å². The molecule has 1 saturated heterocycles. The molecule has 1 aliphatic rings. The van der Waals surface area contributed by atoms with Gasteiger partial charge in [0, 0.05) is 30.1 Å². The molecule has 2 aromatic rings. The lowest BCUT2D eigenvalue weighted by molar-refractivity contribution is 0.0712. The lowest BCUT2D eigenvalue weighted by atomic mass is 9.98. The van der Waals surface area contributed by atoms with Crippen LogP contribution in [-0.2, 0) is 0 Å². The Morgan fingerprint density at radius 1 is 1.53 bits per heavy atom. The Balaban J connectivity index is 1.73. The maximum absolute atomic E-state index is 12.4. The van der Waals surface area contributed by atoms with Gasteiger partial charge in [-0.25, -0.2) is 4.98 Å². The molecule has 1 unspecified atom stereocenters. The minimum atomic E-state index is 0.174. The van der Waals surface area contributed by atoms with Crippen molar-refractivity contribution in [2.45, 2.75) is 25.7 Å². The molecule has 0 spiro atoms. The minimum absolute atomic E-state index is 0.174. The van der Waals surface area contributed by atoms with Gasteiger partial charge in [0.15, 0.2) is 0 Å². The van der Waals surface area contributed by atoms with Crippen LogP contribution in [0.25, 0.3) is 0 Å². The maximum atomic E-state index is 12.4. The lowest BCUT2D eigenvalue weighted by Gasteiger charge is -2.31. The van der Waals surface area contributed by atoms with Crippen LogP contribution in [0.3, 0.4) is 0 Å². The highest BCUT2D eigenvalue weighted by atomic mass is 32.1. The molecule has 1 atom stereocenters. The second-order valence-corrected chi connectivity index (χ2v) is 7.09. The second-order valence-electron chi connectivity index (χ2n) is 4.88. The summed E-state index contributed by atoms with van der Waals surface area (Å²) in [5.41, 5.74) is 0. The number of piperidine rings is 1. The van der Waals surface area contributed by atoms with Gasteiger partial charge in [-0.15, -0.1) is 22.7 Å². The van der Waals surface area contributed by atoms with Gasteiger partial charge in [-0.2, -0.15) is 0 Å². The van der Waals surface area contributed by atoms with Gasteiger partial charge in [0.05, 0.1) is 9.88 Å². The second kappa shape index (κ2) is 5.43. The number of rotatable bonds is 2. The summed E-state index contributed by atoms with van der Waals surface area (Å²) in [5, 5.41) is 3.14. The Morgan fingerprint density at radius 3 is 3.11 bits per heavy atom. The number of nitrogens with zero attached hydrogens (tertiary/aromatic N) is 2. The molecular weight excluding hydrogens is 276 g/mol. The zero-order valence-corrected chi connectivity index (χ0v) is 12.5. The van der Waals surface area contributed by atoms with Crippen LogP contribution >= 0.6 is 22.7 Å². The smallest absolute Gasteiger partial charge is 0.263 e. The molecule has 0 N–H and O–H groups in total. The normalized spacial score (nSPS) is 19.6. The first-order chi connectivity index (χ1) is 9.24. The Labute approximate surface area is 120 Å². The van der Waals surface area contributed by atoms with Gasteiger partial charge in [0.2, 0.25) is 0 Å². The Hall–Kier alpha value is -1.20. The highest BCUT2D eigenvalue weighted by Crippen LogP contribution is 2.30. The van der Waals surface area contributed by atoms with Crippen LogP contribution in [0.15, 0.2) is 23.7 Å². The molecule has 0 radical (unpaired) electrons. The Bertz CT molecular complexity index is 562. The maximum Gasteiger partial charge on any atom is 0.263 e. The quantitative estimate of drug-likeness (QED) is 0.848. The van der Waals surface area contributed by atoms with E-state index in [1.165, 1.54) is 21.2 Å². The Kier molecular flexibility index (Phi) is 3.66. The number of likely N-dealkylation sites (tertiary alicyclic amines) is 1. The number of carbonyl (C=O) groups excluding carboxylic acids is 1. The minimum Gasteiger partial charge on any atom is -0.337 e. The fourth-order valence-electron chi connectivity index (χ4n) is 2.48. The topological polar surface area (TPSA) is 33.2 Å². The van der Waals surface area contributed by atoms with Gasteiger partial charge in [0.1, 0.15) is 0 Å². The van der Waals surface area contributed by atoms with E-state index < -0.39 is 0 Å². The number of hydrogen-bond donors (Lipinski definition) is 0. The van der Waals surface area contributed by atoms with E-state index in [2.05, 4.69) is 11.9 Å². The first kappa shape index (κ1) is 12.8. The summed E-state index contributed by atoms with van der Waals surface area (Å²) >= 11 is 3.28. The van der Waals surface area contributed by atoms with Crippen LogP contribution in [0.1, 0.15) is 38.3 Å². The van der Waals surface area contributed by atoms with Crippen LogP contribution in [-0.4, -0.2) is 28.9 Å². The summed E-state index contributed by atoms with van der Waals surface area (Å²) in [4.78, 5) is 20.9. The van der Waals surface area contributed by atoms with Crippen molar-refractivity contribution < 1.29 is 4.79 Å². The third-order valence-corrected chi connectivity index (χ3v) is 5.36. The van der Waals surface area contributed by atoms with Crippen molar-refractivity contribution in [1.82, 2.24) is 9.88 Å². The molecule has 0 aromatic carbocycles. The van der Waals surface area contributed by atoms with Gasteiger partial charge in [-0.3, -0.25) is 4.79 Å². The van der Waals surface area contributed by atoms with Crippen molar-refractivity contribution in [3.63, 3.8) is 0 Å². The van der Waals surface area contributed by atoms with Crippen molar-refractivity contribution in [3.05, 3.63) is 38.5 Å². The SMILES string of the molecule is Cc1cnc(C2CCCN(C(=O)c3cccs3)C2)s1. The largest absolute Gasteiger partial charge is 0.337 e. The van der Waals surface area contributed by atoms with E-state index in [1.54, 1.807) is 11.3 Å². The van der Waals surface area contributed by atoms with Gasteiger partial charge >= 0.3 is 0 Å². The third kappa shape index (κ3) is 2.72. The molecule has 1 aliphatic heterocycles. The number of hydrogen-bond acceptors (Lipinski definition) is 4. The monoisotopic (exact) mass is 292 g/mol. The summed E-state index contributed by atoms with van der Waals surface area (Å²) < 4.78 is 0. The van der Waals surface area contributed by atoms with Crippen molar-refractivity contribution in [2.24, 2.45) is 0 Å². The van der Waals surface area contributed by atoms with E-state index in [4.69, 9.17) is 0 Å². The number of carbonyl (C=O) groups is 1. The van der Waals surface area contributed by atoms with E-state index >= 15 is 0 Å². The zero-order valence-electron chi connectivity index (χ0n) is 10.8. The van der Waals surface area contributed by atoms with Crippen molar-refractivity contribution in [1.29, 1.82) is 0 Å². The molecule has 1 amide bonds. The lowest BCUT2D eigenvalue weighted by Crippen LogP contribution is -2.38. The fraction of sp³-hybridized carbons (Fsp3) is 0.429. The first-order valence-electron chi connectivity index (χ1n) is 6.49. The van der Waals surface area contributed by atoms with Crippen LogP contribution < -0.4 is 0 Å². The molecule has 0 saturated carbocycles. The highest BCUT2D eigenvalue weighted by Gasteiger charge is 2.27. The molecule has 19 heavy (non-hydrogen) atoms. The van der Waals surface area contributed by atoms with Crippen LogP contribution in [0.4, 0.5) is 0 Å². The molecule has 5 heteroatoms. The average Bonchev–Trinajstić information content (AvgIpc) is 3.09. The van der Waals surface area contributed by atoms with Gasteiger partial charge < -0.3 is 4.90 Å².